The van der Waals surface area contributed by atoms with E-state index in [1.54, 1.807) is 0 Å². The Morgan fingerprint density at radius 1 is 0.750 bits per heavy atom. The van der Waals surface area contributed by atoms with E-state index in [1.165, 1.54) is 11.1 Å². The van der Waals surface area contributed by atoms with Crippen molar-refractivity contribution in [3.63, 3.8) is 0 Å². The van der Waals surface area contributed by atoms with Crippen LogP contribution >= 0.6 is 0 Å². The smallest absolute Gasteiger partial charge is 0.407 e. The molecule has 3 aliphatic rings. The molecule has 0 spiro atoms. The third-order valence-corrected chi connectivity index (χ3v) is 11.3. The molecule has 6 rings (SSSR count). The molecule has 64 heavy (non-hydrogen) atoms. The molecule has 8 amide bonds. The van der Waals surface area contributed by atoms with E-state index in [4.69, 9.17) is 9.47 Å². The number of carbonyl (C=O) groups is 8. The van der Waals surface area contributed by atoms with Gasteiger partial charge in [0.05, 0.1) is 26.2 Å². The number of benzene rings is 3. The number of carbonyl (C=O) groups excluding carboxylic acids is 8. The van der Waals surface area contributed by atoms with E-state index < -0.39 is 79.7 Å². The van der Waals surface area contributed by atoms with Gasteiger partial charge in [0.1, 0.15) is 12.4 Å². The maximum Gasteiger partial charge on any atom is 0.407 e. The molecule has 1 unspecified atom stereocenters. The number of amides is 8. The van der Waals surface area contributed by atoms with E-state index in [0.717, 1.165) is 47.5 Å². The standard InChI is InChI=1S/C45H55N9O10/c1-54-20-16-30-29(25-54)8-6-13-36(30)63-21-7-17-46-37(55)15-19-48-42(60)45(27-52-38(56)14-18-47-39(57)22-49-40(58)23-50-43(45)61)28-53-41(59)24-51-44(62)64-26-35-33-11-4-2-9-31(33)32-10-3-5-12-34(32)35/h2-6,8-13,35H,7,14-28H2,1H3,(H,46,55)(H,47,57)(H,48,60)(H,49,58)(H,50,61)(H,51,62)(H,52,56)(H,53,59). The van der Waals surface area contributed by atoms with Crippen molar-refractivity contribution < 1.29 is 47.8 Å². The Balaban J connectivity index is 1.03. The van der Waals surface area contributed by atoms with Gasteiger partial charge in [-0.1, -0.05) is 60.7 Å². The molecule has 3 aromatic rings. The summed E-state index contributed by atoms with van der Waals surface area (Å²) in [7, 11) is 2.08. The minimum Gasteiger partial charge on any atom is -0.493 e. The van der Waals surface area contributed by atoms with Crippen LogP contribution in [0.4, 0.5) is 4.79 Å². The van der Waals surface area contributed by atoms with E-state index in [0.29, 0.717) is 19.6 Å². The van der Waals surface area contributed by atoms with E-state index in [9.17, 15) is 38.4 Å². The van der Waals surface area contributed by atoms with Crippen molar-refractivity contribution in [2.24, 2.45) is 5.41 Å². The van der Waals surface area contributed by atoms with Crippen LogP contribution in [-0.4, -0.2) is 132 Å². The molecule has 1 aliphatic carbocycles. The molecule has 2 aliphatic heterocycles. The Morgan fingerprint density at radius 3 is 2.23 bits per heavy atom. The minimum atomic E-state index is -2.25. The summed E-state index contributed by atoms with van der Waals surface area (Å²) in [6, 6.07) is 21.6. The average molecular weight is 882 g/mol. The fourth-order valence-electron chi connectivity index (χ4n) is 7.77. The number of likely N-dealkylation sites (N-methyl/N-ethyl adjacent to an activating group) is 1. The van der Waals surface area contributed by atoms with Gasteiger partial charge in [-0.05, 0) is 59.3 Å². The average Bonchev–Trinajstić information content (AvgIpc) is 3.61. The number of nitrogens with one attached hydrogen (secondary N) is 8. The lowest BCUT2D eigenvalue weighted by atomic mass is 9.84. The van der Waals surface area contributed by atoms with Crippen LogP contribution in [0.15, 0.2) is 66.7 Å². The largest absolute Gasteiger partial charge is 0.493 e. The van der Waals surface area contributed by atoms with E-state index in [1.807, 2.05) is 60.7 Å². The third kappa shape index (κ3) is 12.3. The highest BCUT2D eigenvalue weighted by molar-refractivity contribution is 6.07. The summed E-state index contributed by atoms with van der Waals surface area (Å²) in [5.41, 5.74) is 4.28. The molecule has 0 bridgehead atoms. The van der Waals surface area contributed by atoms with Crippen LogP contribution < -0.4 is 47.3 Å². The number of ether oxygens (including phenoxy) is 2. The molecule has 0 saturated carbocycles. The fraction of sp³-hybridized carbons (Fsp3) is 0.422. The first-order chi connectivity index (χ1) is 30.9. The lowest BCUT2D eigenvalue weighted by Crippen LogP contribution is -2.63. The molecule has 0 aromatic heterocycles. The molecule has 340 valence electrons. The number of hydrogen-bond donors (Lipinski definition) is 8. The van der Waals surface area contributed by atoms with Crippen molar-refractivity contribution in [3.8, 4) is 16.9 Å². The summed E-state index contributed by atoms with van der Waals surface area (Å²) in [5, 5.41) is 19.9. The lowest BCUT2D eigenvalue weighted by Gasteiger charge is -2.31. The summed E-state index contributed by atoms with van der Waals surface area (Å²) in [5.74, 6) is -4.49. The van der Waals surface area contributed by atoms with Gasteiger partial charge in [-0.3, -0.25) is 33.6 Å². The Labute approximate surface area is 370 Å². The lowest BCUT2D eigenvalue weighted by molar-refractivity contribution is -0.144. The van der Waals surface area contributed by atoms with Gasteiger partial charge in [-0.2, -0.15) is 0 Å². The Kier molecular flexibility index (Phi) is 16.2. The monoisotopic (exact) mass is 881 g/mol. The second-order valence-corrected chi connectivity index (χ2v) is 15.8. The first-order valence-corrected chi connectivity index (χ1v) is 21.3. The van der Waals surface area contributed by atoms with Crippen LogP contribution in [-0.2, 0) is 51.3 Å². The normalized spacial score (nSPS) is 18.0. The van der Waals surface area contributed by atoms with Gasteiger partial charge in [0.15, 0.2) is 5.41 Å². The maximum atomic E-state index is 14.0. The van der Waals surface area contributed by atoms with Crippen molar-refractivity contribution in [1.82, 2.24) is 47.4 Å². The molecular weight excluding hydrogens is 827 g/mol. The van der Waals surface area contributed by atoms with Crippen molar-refractivity contribution >= 4 is 47.4 Å². The molecule has 3 aromatic carbocycles. The van der Waals surface area contributed by atoms with Crippen LogP contribution in [0.2, 0.25) is 0 Å². The minimum absolute atomic E-state index is 0.00234. The van der Waals surface area contributed by atoms with Gasteiger partial charge in [-0.15, -0.1) is 0 Å². The predicted molar refractivity (Wildman–Crippen MR) is 232 cm³/mol. The molecule has 19 heteroatoms. The number of hydrogen-bond acceptors (Lipinski definition) is 11. The zero-order chi connectivity index (χ0) is 45.5. The van der Waals surface area contributed by atoms with Crippen molar-refractivity contribution in [2.75, 3.05) is 79.2 Å². The van der Waals surface area contributed by atoms with Gasteiger partial charge >= 0.3 is 6.09 Å². The van der Waals surface area contributed by atoms with Crippen molar-refractivity contribution in [1.29, 1.82) is 0 Å². The molecule has 1 atom stereocenters. The Morgan fingerprint density at radius 2 is 1.47 bits per heavy atom. The second-order valence-electron chi connectivity index (χ2n) is 15.8. The molecule has 8 N–H and O–H groups in total. The van der Waals surface area contributed by atoms with Gasteiger partial charge in [0.2, 0.25) is 41.4 Å². The zero-order valence-electron chi connectivity index (χ0n) is 35.8. The number of nitrogens with zero attached hydrogens (tertiary/aromatic N) is 1. The van der Waals surface area contributed by atoms with Gasteiger partial charge in [-0.25, -0.2) is 4.79 Å². The van der Waals surface area contributed by atoms with Crippen molar-refractivity contribution in [3.05, 3.63) is 89.0 Å². The Bertz CT molecular complexity index is 2190. The van der Waals surface area contributed by atoms with Gasteiger partial charge < -0.3 is 56.9 Å². The van der Waals surface area contributed by atoms with Gasteiger partial charge in [0, 0.05) is 64.6 Å². The van der Waals surface area contributed by atoms with Crippen LogP contribution in [0.3, 0.4) is 0 Å². The van der Waals surface area contributed by atoms with Crippen LogP contribution in [0.25, 0.3) is 11.1 Å². The first kappa shape index (κ1) is 46.5. The summed E-state index contributed by atoms with van der Waals surface area (Å²) >= 11 is 0. The molecule has 1 fully saturated rings. The predicted octanol–water partition coefficient (Wildman–Crippen LogP) is -0.424. The fourth-order valence-corrected chi connectivity index (χ4v) is 7.77. The molecule has 2 heterocycles. The maximum absolute atomic E-state index is 14.0. The second kappa shape index (κ2) is 22.4. The highest BCUT2D eigenvalue weighted by atomic mass is 16.5. The van der Waals surface area contributed by atoms with Crippen LogP contribution in [0.1, 0.15) is 47.4 Å². The molecular formula is C45H55N9O10. The topological polar surface area (TPSA) is 254 Å². The quantitative estimate of drug-likeness (QED) is 0.0719. The summed E-state index contributed by atoms with van der Waals surface area (Å²) in [6.07, 6.45) is 0.139. The zero-order valence-corrected chi connectivity index (χ0v) is 35.8. The summed E-state index contributed by atoms with van der Waals surface area (Å²) in [6.45, 7) is -0.843. The van der Waals surface area contributed by atoms with Crippen LogP contribution in [0, 0.1) is 5.41 Å². The Hall–Kier alpha value is -7.02. The highest BCUT2D eigenvalue weighted by Crippen LogP contribution is 2.44. The first-order valence-electron chi connectivity index (χ1n) is 21.3. The number of rotatable bonds is 15. The molecule has 1 saturated heterocycles. The summed E-state index contributed by atoms with van der Waals surface area (Å²) in [4.78, 5) is 106. The molecule has 19 nitrogen and oxygen atoms in total. The van der Waals surface area contributed by atoms with E-state index in [-0.39, 0.29) is 44.4 Å². The molecule has 0 radical (unpaired) electrons. The number of alkyl carbamates (subject to hydrolysis) is 1. The third-order valence-electron chi connectivity index (χ3n) is 11.3. The highest BCUT2D eigenvalue weighted by Gasteiger charge is 2.47. The summed E-state index contributed by atoms with van der Waals surface area (Å²) < 4.78 is 11.5. The van der Waals surface area contributed by atoms with E-state index in [2.05, 4.69) is 60.5 Å². The SMILES string of the molecule is CN1CCc2c(cccc2OCCCNC(=O)CCNC(=O)C2(CNC(=O)CNC(=O)OCC3c4ccccc4-c4ccccc43)CNC(=O)CCNC(=O)CNC(=O)CNC2=O)C1. The van der Waals surface area contributed by atoms with E-state index >= 15 is 0 Å². The number of fused-ring (bicyclic) bond motifs is 4. The van der Waals surface area contributed by atoms with Crippen LogP contribution in [0.5, 0.6) is 5.75 Å². The van der Waals surface area contributed by atoms with Gasteiger partial charge in [0.25, 0.3) is 0 Å². The van der Waals surface area contributed by atoms with Crippen molar-refractivity contribution in [2.45, 2.75) is 38.1 Å².